The van der Waals surface area contributed by atoms with E-state index in [1.54, 1.807) is 7.05 Å². The van der Waals surface area contributed by atoms with Gasteiger partial charge in [0, 0.05) is 44.3 Å². The van der Waals surface area contributed by atoms with Crippen molar-refractivity contribution in [2.24, 2.45) is 0 Å². The van der Waals surface area contributed by atoms with Crippen LogP contribution in [0.4, 0.5) is 5.69 Å². The fraction of sp³-hybridized carbons (Fsp3) is 0.357. The average molecular weight is 440 g/mol. The van der Waals surface area contributed by atoms with E-state index in [-0.39, 0.29) is 30.2 Å². The lowest BCUT2D eigenvalue weighted by molar-refractivity contribution is -0.126. The first-order chi connectivity index (χ1) is 16.2. The molecule has 1 aliphatic carbocycles. The Balaban J connectivity index is 1.21. The van der Waals surface area contributed by atoms with E-state index in [0.717, 1.165) is 43.6 Å². The van der Waals surface area contributed by atoms with Crippen molar-refractivity contribution in [3.8, 4) is 0 Å². The lowest BCUT2D eigenvalue weighted by Gasteiger charge is -2.40. The Morgan fingerprint density at radius 3 is 2.48 bits per heavy atom. The van der Waals surface area contributed by atoms with Gasteiger partial charge in [0.15, 0.2) is 0 Å². The smallest absolute Gasteiger partial charge is 0.235 e. The zero-order valence-corrected chi connectivity index (χ0v) is 19.0. The lowest BCUT2D eigenvalue weighted by atomic mass is 9.97. The molecule has 168 valence electrons. The number of carbonyl (C=O) groups is 2. The summed E-state index contributed by atoms with van der Waals surface area (Å²) in [5.74, 6) is -0.382. The van der Waals surface area contributed by atoms with Gasteiger partial charge >= 0.3 is 0 Å². The first-order valence-corrected chi connectivity index (χ1v) is 12.0. The monoisotopic (exact) mass is 439 g/mol. The number of carbonyl (C=O) groups excluding carboxylic acids is 2. The van der Waals surface area contributed by atoms with Crippen molar-refractivity contribution in [1.82, 2.24) is 10.2 Å². The van der Waals surface area contributed by atoms with Crippen molar-refractivity contribution < 1.29 is 9.59 Å². The van der Waals surface area contributed by atoms with Crippen molar-refractivity contribution in [3.05, 3.63) is 77.4 Å². The average Bonchev–Trinajstić information content (AvgIpc) is 3.36. The van der Waals surface area contributed by atoms with E-state index < -0.39 is 0 Å². The molecule has 6 rings (SSSR count). The van der Waals surface area contributed by atoms with Crippen LogP contribution >= 0.6 is 0 Å². The number of fused-ring (bicyclic) bond motifs is 1. The Bertz CT molecular complexity index is 1240. The van der Waals surface area contributed by atoms with Gasteiger partial charge in [-0.3, -0.25) is 14.5 Å². The minimum absolute atomic E-state index is 0.0799. The minimum atomic E-state index is -0.374. The van der Waals surface area contributed by atoms with E-state index in [4.69, 9.17) is 0 Å². The van der Waals surface area contributed by atoms with Gasteiger partial charge in [0.05, 0.1) is 5.92 Å². The summed E-state index contributed by atoms with van der Waals surface area (Å²) < 4.78 is 0. The molecule has 2 unspecified atom stereocenters. The second kappa shape index (κ2) is 7.99. The van der Waals surface area contributed by atoms with Gasteiger partial charge in [-0.2, -0.15) is 0 Å². The van der Waals surface area contributed by atoms with Crippen LogP contribution in [0.3, 0.4) is 0 Å². The summed E-state index contributed by atoms with van der Waals surface area (Å²) in [5.41, 5.74) is 4.89. The molecule has 33 heavy (non-hydrogen) atoms. The molecule has 2 atom stereocenters. The molecule has 2 heterocycles. The van der Waals surface area contributed by atoms with Crippen LogP contribution < -0.4 is 10.2 Å². The van der Waals surface area contributed by atoms with E-state index in [9.17, 15) is 9.59 Å². The standard InChI is InChI=1S/C28H29N3O2/c1-29-26(32)17-23-21-9-2-3-11-24(21)31(28(23)33)20-12-14-30(15-13-20)25-16-19-8-4-6-18-7-5-10-22(25)27(18)19/h2-11,20,23,25H,12-17H2,1H3,(H,29,32). The summed E-state index contributed by atoms with van der Waals surface area (Å²) in [4.78, 5) is 30.2. The Morgan fingerprint density at radius 1 is 0.970 bits per heavy atom. The molecule has 0 aromatic heterocycles. The molecule has 0 bridgehead atoms. The zero-order chi connectivity index (χ0) is 22.5. The molecule has 5 nitrogen and oxygen atoms in total. The summed E-state index contributed by atoms with van der Waals surface area (Å²) in [6.07, 6.45) is 3.19. The molecule has 2 amide bonds. The second-order valence-corrected chi connectivity index (χ2v) is 9.55. The largest absolute Gasteiger partial charge is 0.359 e. The molecule has 0 spiro atoms. The quantitative estimate of drug-likeness (QED) is 0.664. The van der Waals surface area contributed by atoms with Crippen LogP contribution in [-0.4, -0.2) is 42.9 Å². The highest BCUT2D eigenvalue weighted by Crippen LogP contribution is 2.44. The molecule has 3 aromatic carbocycles. The molecular formula is C28H29N3O2. The first-order valence-electron chi connectivity index (χ1n) is 12.0. The second-order valence-electron chi connectivity index (χ2n) is 9.55. The molecule has 3 aromatic rings. The van der Waals surface area contributed by atoms with Gasteiger partial charge in [-0.05, 0) is 52.8 Å². The van der Waals surface area contributed by atoms with Gasteiger partial charge in [0.1, 0.15) is 0 Å². The summed E-state index contributed by atoms with van der Waals surface area (Å²) in [5, 5.41) is 5.45. The molecular weight excluding hydrogens is 410 g/mol. The summed E-state index contributed by atoms with van der Waals surface area (Å²) >= 11 is 0. The number of rotatable bonds is 4. The van der Waals surface area contributed by atoms with Gasteiger partial charge in [-0.25, -0.2) is 0 Å². The number of piperidine rings is 1. The van der Waals surface area contributed by atoms with Crippen LogP contribution in [0.5, 0.6) is 0 Å². The van der Waals surface area contributed by atoms with E-state index in [0.29, 0.717) is 6.04 Å². The molecule has 3 aliphatic rings. The number of likely N-dealkylation sites (tertiary alicyclic amines) is 1. The fourth-order valence-electron chi connectivity index (χ4n) is 6.28. The predicted molar refractivity (Wildman–Crippen MR) is 130 cm³/mol. The summed E-state index contributed by atoms with van der Waals surface area (Å²) in [6, 6.07) is 21.9. The van der Waals surface area contributed by atoms with Gasteiger partial charge in [-0.15, -0.1) is 0 Å². The number of benzene rings is 3. The van der Waals surface area contributed by atoms with Crippen LogP contribution in [-0.2, 0) is 16.0 Å². The van der Waals surface area contributed by atoms with Crippen molar-refractivity contribution in [2.75, 3.05) is 25.0 Å². The third kappa shape index (κ3) is 3.25. The van der Waals surface area contributed by atoms with E-state index in [2.05, 4.69) is 46.6 Å². The summed E-state index contributed by atoms with van der Waals surface area (Å²) in [6.45, 7) is 1.96. The number of nitrogens with zero attached hydrogens (tertiary/aromatic N) is 2. The molecule has 0 radical (unpaired) electrons. The molecule has 2 aliphatic heterocycles. The van der Waals surface area contributed by atoms with Crippen molar-refractivity contribution in [1.29, 1.82) is 0 Å². The molecule has 5 heteroatoms. The van der Waals surface area contributed by atoms with Crippen molar-refractivity contribution >= 4 is 28.3 Å². The van der Waals surface area contributed by atoms with Gasteiger partial charge in [0.2, 0.25) is 11.8 Å². The third-order valence-corrected chi connectivity index (χ3v) is 7.88. The maximum absolute atomic E-state index is 13.5. The normalized spacial score (nSPS) is 22.7. The summed E-state index contributed by atoms with van der Waals surface area (Å²) in [7, 11) is 1.63. The Morgan fingerprint density at radius 2 is 1.70 bits per heavy atom. The molecule has 1 saturated heterocycles. The van der Waals surface area contributed by atoms with Crippen LogP contribution in [0.2, 0.25) is 0 Å². The number of nitrogens with one attached hydrogen (secondary N) is 1. The van der Waals surface area contributed by atoms with Crippen LogP contribution in [0.1, 0.15) is 47.9 Å². The number of para-hydroxylation sites is 1. The highest BCUT2D eigenvalue weighted by Gasteiger charge is 2.43. The molecule has 1 N–H and O–H groups in total. The van der Waals surface area contributed by atoms with Crippen molar-refractivity contribution in [3.63, 3.8) is 0 Å². The number of hydrogen-bond donors (Lipinski definition) is 1. The SMILES string of the molecule is CNC(=O)CC1C(=O)N(C2CCN(C3Cc4cccc5cccc3c45)CC2)c2ccccc21. The van der Waals surface area contributed by atoms with E-state index >= 15 is 0 Å². The zero-order valence-electron chi connectivity index (χ0n) is 19.0. The van der Waals surface area contributed by atoms with Crippen LogP contribution in [0.15, 0.2) is 60.7 Å². The van der Waals surface area contributed by atoms with Crippen molar-refractivity contribution in [2.45, 2.75) is 43.7 Å². The van der Waals surface area contributed by atoms with E-state index in [1.807, 2.05) is 29.2 Å². The maximum atomic E-state index is 13.5. The molecule has 1 fully saturated rings. The third-order valence-electron chi connectivity index (χ3n) is 7.88. The number of amides is 2. The highest BCUT2D eigenvalue weighted by atomic mass is 16.2. The van der Waals surface area contributed by atoms with Gasteiger partial charge < -0.3 is 10.2 Å². The lowest BCUT2D eigenvalue weighted by Crippen LogP contribution is -2.47. The first kappa shape index (κ1) is 20.4. The topological polar surface area (TPSA) is 52.7 Å². The molecule has 0 saturated carbocycles. The van der Waals surface area contributed by atoms with Gasteiger partial charge in [-0.1, -0.05) is 54.6 Å². The Labute approximate surface area is 194 Å². The predicted octanol–water partition coefficient (Wildman–Crippen LogP) is 4.17. The number of anilines is 1. The van der Waals surface area contributed by atoms with Crippen LogP contribution in [0, 0.1) is 0 Å². The fourth-order valence-corrected chi connectivity index (χ4v) is 6.28. The highest BCUT2D eigenvalue weighted by molar-refractivity contribution is 6.07. The van der Waals surface area contributed by atoms with Crippen LogP contribution in [0.25, 0.3) is 10.8 Å². The Hall–Kier alpha value is -3.18. The minimum Gasteiger partial charge on any atom is -0.359 e. The Kier molecular flexibility index (Phi) is 4.95. The maximum Gasteiger partial charge on any atom is 0.235 e. The van der Waals surface area contributed by atoms with E-state index in [1.165, 1.54) is 21.9 Å². The number of hydrogen-bond acceptors (Lipinski definition) is 3. The van der Waals surface area contributed by atoms with Gasteiger partial charge in [0.25, 0.3) is 0 Å².